The van der Waals surface area contributed by atoms with Gasteiger partial charge in [-0.25, -0.2) is 0 Å². The average molecular weight is 238 g/mol. The minimum Gasteiger partial charge on any atom is -0.384 e. The fourth-order valence-corrected chi connectivity index (χ4v) is 2.25. The number of benzene rings is 1. The Hall–Kier alpha value is -2.16. The van der Waals surface area contributed by atoms with Crippen LogP contribution in [0.25, 0.3) is 10.9 Å². The molecular formula is C15H14N2O. The van der Waals surface area contributed by atoms with Gasteiger partial charge in [0.25, 0.3) is 0 Å². The molecule has 1 heterocycles. The van der Waals surface area contributed by atoms with Gasteiger partial charge in [0, 0.05) is 36.3 Å². The Morgan fingerprint density at radius 1 is 1.17 bits per heavy atom. The first-order valence-corrected chi connectivity index (χ1v) is 6.13. The van der Waals surface area contributed by atoms with Crippen LogP contribution in [0.5, 0.6) is 0 Å². The highest BCUT2D eigenvalue weighted by Gasteiger charge is 2.11. The van der Waals surface area contributed by atoms with Crippen molar-refractivity contribution in [2.75, 3.05) is 0 Å². The van der Waals surface area contributed by atoms with E-state index in [0.29, 0.717) is 13.0 Å². The summed E-state index contributed by atoms with van der Waals surface area (Å²) in [5.74, 6) is 0.216. The summed E-state index contributed by atoms with van der Waals surface area (Å²) in [5, 5.41) is 4.47. The SMILES string of the molecule is O=C1C=C(NCc2cccc3cccnc23)CC1. The molecule has 3 heteroatoms. The maximum absolute atomic E-state index is 11.1. The number of carbonyl (C=O) groups is 1. The van der Waals surface area contributed by atoms with Gasteiger partial charge in [-0.15, -0.1) is 0 Å². The first-order chi connectivity index (χ1) is 8.83. The molecule has 0 radical (unpaired) electrons. The number of hydrogen-bond donors (Lipinski definition) is 1. The lowest BCUT2D eigenvalue weighted by molar-refractivity contribution is -0.114. The van der Waals surface area contributed by atoms with E-state index in [-0.39, 0.29) is 5.78 Å². The molecular weight excluding hydrogens is 224 g/mol. The van der Waals surface area contributed by atoms with Gasteiger partial charge in [0.15, 0.2) is 5.78 Å². The van der Waals surface area contributed by atoms with E-state index in [1.54, 1.807) is 6.08 Å². The van der Waals surface area contributed by atoms with Crippen molar-refractivity contribution < 1.29 is 4.79 Å². The van der Waals surface area contributed by atoms with Crippen LogP contribution in [0.15, 0.2) is 48.3 Å². The number of fused-ring (bicyclic) bond motifs is 1. The number of nitrogens with zero attached hydrogens (tertiary/aromatic N) is 1. The van der Waals surface area contributed by atoms with Crippen molar-refractivity contribution in [3.63, 3.8) is 0 Å². The second kappa shape index (κ2) is 4.61. The maximum Gasteiger partial charge on any atom is 0.157 e. The summed E-state index contributed by atoms with van der Waals surface area (Å²) in [5.41, 5.74) is 3.22. The molecule has 0 spiro atoms. The summed E-state index contributed by atoms with van der Waals surface area (Å²) in [6.07, 6.45) is 4.98. The van der Waals surface area contributed by atoms with Crippen LogP contribution in [-0.2, 0) is 11.3 Å². The van der Waals surface area contributed by atoms with E-state index in [2.05, 4.69) is 28.5 Å². The van der Waals surface area contributed by atoms with Crippen molar-refractivity contribution in [2.24, 2.45) is 0 Å². The lowest BCUT2D eigenvalue weighted by Gasteiger charge is -2.08. The highest BCUT2D eigenvalue weighted by atomic mass is 16.1. The second-order valence-corrected chi connectivity index (χ2v) is 4.48. The lowest BCUT2D eigenvalue weighted by atomic mass is 10.1. The molecule has 0 aliphatic heterocycles. The second-order valence-electron chi connectivity index (χ2n) is 4.48. The summed E-state index contributed by atoms with van der Waals surface area (Å²) in [7, 11) is 0. The van der Waals surface area contributed by atoms with Gasteiger partial charge in [-0.2, -0.15) is 0 Å². The fourth-order valence-electron chi connectivity index (χ4n) is 2.25. The molecule has 1 aromatic carbocycles. The first-order valence-electron chi connectivity index (χ1n) is 6.13. The van der Waals surface area contributed by atoms with Gasteiger partial charge in [0.1, 0.15) is 0 Å². The zero-order valence-corrected chi connectivity index (χ0v) is 10.0. The standard InChI is InChI=1S/C15H14N2O/c18-14-7-6-13(9-14)17-10-12-4-1-3-11-5-2-8-16-15(11)12/h1-5,8-9,17H,6-7,10H2. The van der Waals surface area contributed by atoms with Crippen molar-refractivity contribution in [3.8, 4) is 0 Å². The normalized spacial score (nSPS) is 14.9. The van der Waals surface area contributed by atoms with Crippen LogP contribution in [0.4, 0.5) is 0 Å². The number of nitrogens with one attached hydrogen (secondary N) is 1. The van der Waals surface area contributed by atoms with Crippen molar-refractivity contribution >= 4 is 16.7 Å². The zero-order chi connectivity index (χ0) is 12.4. The Kier molecular flexibility index (Phi) is 2.81. The van der Waals surface area contributed by atoms with Crippen molar-refractivity contribution in [2.45, 2.75) is 19.4 Å². The topological polar surface area (TPSA) is 42.0 Å². The number of rotatable bonds is 3. The lowest BCUT2D eigenvalue weighted by Crippen LogP contribution is -2.11. The van der Waals surface area contributed by atoms with Crippen molar-refractivity contribution in [1.82, 2.24) is 10.3 Å². The van der Waals surface area contributed by atoms with Gasteiger partial charge < -0.3 is 5.32 Å². The minimum absolute atomic E-state index is 0.216. The third-order valence-electron chi connectivity index (χ3n) is 3.20. The van der Waals surface area contributed by atoms with Crippen LogP contribution in [-0.4, -0.2) is 10.8 Å². The quantitative estimate of drug-likeness (QED) is 0.893. The Morgan fingerprint density at radius 2 is 2.06 bits per heavy atom. The first kappa shape index (κ1) is 11.0. The number of hydrogen-bond acceptors (Lipinski definition) is 3. The summed E-state index contributed by atoms with van der Waals surface area (Å²) in [6, 6.07) is 10.2. The predicted octanol–water partition coefficient (Wildman–Crippen LogP) is 2.57. The maximum atomic E-state index is 11.1. The molecule has 0 saturated heterocycles. The van der Waals surface area contributed by atoms with Gasteiger partial charge in [-0.05, 0) is 18.1 Å². The van der Waals surface area contributed by atoms with Crippen LogP contribution < -0.4 is 5.32 Å². The molecule has 18 heavy (non-hydrogen) atoms. The van der Waals surface area contributed by atoms with E-state index in [1.807, 2.05) is 18.3 Å². The number of carbonyl (C=O) groups excluding carboxylic acids is 1. The molecule has 0 atom stereocenters. The van der Waals surface area contributed by atoms with E-state index in [0.717, 1.165) is 28.6 Å². The molecule has 0 bridgehead atoms. The van der Waals surface area contributed by atoms with Crippen LogP contribution in [0, 0.1) is 0 Å². The van der Waals surface area contributed by atoms with E-state index in [1.165, 1.54) is 0 Å². The van der Waals surface area contributed by atoms with E-state index < -0.39 is 0 Å². The summed E-state index contributed by atoms with van der Waals surface area (Å²) < 4.78 is 0. The van der Waals surface area contributed by atoms with Crippen molar-refractivity contribution in [3.05, 3.63) is 53.9 Å². The van der Waals surface area contributed by atoms with E-state index in [4.69, 9.17) is 0 Å². The molecule has 1 aliphatic carbocycles. The Labute approximate surface area is 106 Å². The van der Waals surface area contributed by atoms with Gasteiger partial charge in [0.2, 0.25) is 0 Å². The molecule has 0 amide bonds. The molecule has 1 aromatic heterocycles. The number of para-hydroxylation sites is 1. The Bertz CT molecular complexity index is 626. The molecule has 3 rings (SSSR count). The van der Waals surface area contributed by atoms with Crippen LogP contribution in [0.2, 0.25) is 0 Å². The Morgan fingerprint density at radius 3 is 2.89 bits per heavy atom. The van der Waals surface area contributed by atoms with Gasteiger partial charge in [-0.3, -0.25) is 9.78 Å². The number of allylic oxidation sites excluding steroid dienone is 2. The third kappa shape index (κ3) is 2.12. The smallest absolute Gasteiger partial charge is 0.157 e. The summed E-state index contributed by atoms with van der Waals surface area (Å²) >= 11 is 0. The van der Waals surface area contributed by atoms with Gasteiger partial charge >= 0.3 is 0 Å². The monoisotopic (exact) mass is 238 g/mol. The molecule has 0 unspecified atom stereocenters. The molecule has 3 nitrogen and oxygen atoms in total. The van der Waals surface area contributed by atoms with Crippen LogP contribution in [0.1, 0.15) is 18.4 Å². The average Bonchev–Trinajstić information content (AvgIpc) is 2.82. The van der Waals surface area contributed by atoms with E-state index >= 15 is 0 Å². The molecule has 1 N–H and O–H groups in total. The van der Waals surface area contributed by atoms with Crippen LogP contribution in [0.3, 0.4) is 0 Å². The number of pyridine rings is 1. The molecule has 0 fully saturated rings. The molecule has 0 saturated carbocycles. The fraction of sp³-hybridized carbons (Fsp3) is 0.200. The predicted molar refractivity (Wildman–Crippen MR) is 70.9 cm³/mol. The van der Waals surface area contributed by atoms with Crippen molar-refractivity contribution in [1.29, 1.82) is 0 Å². The summed E-state index contributed by atoms with van der Waals surface area (Å²) in [6.45, 7) is 0.716. The van der Waals surface area contributed by atoms with Gasteiger partial charge in [0.05, 0.1) is 5.52 Å². The number of aromatic nitrogens is 1. The Balaban J connectivity index is 1.83. The van der Waals surface area contributed by atoms with Crippen LogP contribution >= 0.6 is 0 Å². The van der Waals surface area contributed by atoms with E-state index in [9.17, 15) is 4.79 Å². The number of ketones is 1. The van der Waals surface area contributed by atoms with Gasteiger partial charge in [-0.1, -0.05) is 24.3 Å². The summed E-state index contributed by atoms with van der Waals surface area (Å²) in [4.78, 5) is 15.6. The minimum atomic E-state index is 0.216. The third-order valence-corrected chi connectivity index (χ3v) is 3.20. The zero-order valence-electron chi connectivity index (χ0n) is 10.0. The molecule has 1 aliphatic rings. The highest BCUT2D eigenvalue weighted by Crippen LogP contribution is 2.17. The largest absolute Gasteiger partial charge is 0.384 e. The highest BCUT2D eigenvalue weighted by molar-refractivity contribution is 5.92. The molecule has 90 valence electrons. The molecule has 2 aromatic rings.